The van der Waals surface area contributed by atoms with Gasteiger partial charge in [0.2, 0.25) is 0 Å². The van der Waals surface area contributed by atoms with Crippen LogP contribution in [0.15, 0.2) is 17.2 Å². The van der Waals surface area contributed by atoms with Crippen molar-refractivity contribution in [2.75, 3.05) is 18.9 Å². The molecular formula is C13H22N4O. The third-order valence-corrected chi connectivity index (χ3v) is 3.80. The molecule has 0 aliphatic carbocycles. The number of aromatic nitrogens is 2. The van der Waals surface area contributed by atoms with Crippen LogP contribution >= 0.6 is 0 Å². The first-order valence-corrected chi connectivity index (χ1v) is 6.64. The highest BCUT2D eigenvalue weighted by Crippen LogP contribution is 2.17. The lowest BCUT2D eigenvalue weighted by atomic mass is 9.99. The zero-order valence-electron chi connectivity index (χ0n) is 11.4. The second-order valence-corrected chi connectivity index (χ2v) is 5.06. The van der Waals surface area contributed by atoms with Gasteiger partial charge in [-0.05, 0) is 33.7 Å². The number of likely N-dealkylation sites (tertiary alicyclic amines) is 1. The van der Waals surface area contributed by atoms with E-state index in [1.54, 1.807) is 17.0 Å². The van der Waals surface area contributed by atoms with Crippen molar-refractivity contribution in [2.45, 2.75) is 45.3 Å². The molecule has 1 aliphatic rings. The summed E-state index contributed by atoms with van der Waals surface area (Å²) in [4.78, 5) is 18.6. The summed E-state index contributed by atoms with van der Waals surface area (Å²) >= 11 is 0. The molecule has 1 aromatic heterocycles. The number of hydrogen-bond acceptors (Lipinski definition) is 4. The minimum Gasteiger partial charge on any atom is -0.363 e. The topological polar surface area (TPSA) is 50.2 Å². The highest BCUT2D eigenvalue weighted by Gasteiger charge is 2.23. The van der Waals surface area contributed by atoms with Crippen molar-refractivity contribution < 1.29 is 0 Å². The summed E-state index contributed by atoms with van der Waals surface area (Å²) < 4.78 is 1.67. The van der Waals surface area contributed by atoms with Gasteiger partial charge in [-0.3, -0.25) is 4.79 Å². The summed E-state index contributed by atoms with van der Waals surface area (Å²) in [6.07, 6.45) is 5.53. The van der Waals surface area contributed by atoms with Crippen LogP contribution in [-0.2, 0) is 6.54 Å². The number of nitrogens with one attached hydrogen (secondary N) is 1. The average Bonchev–Trinajstić information content (AvgIpc) is 2.36. The number of rotatable bonds is 3. The Morgan fingerprint density at radius 3 is 3.00 bits per heavy atom. The molecular weight excluding hydrogens is 228 g/mol. The third kappa shape index (κ3) is 2.72. The predicted octanol–water partition coefficient (Wildman–Crippen LogP) is 1.16. The molecule has 0 aromatic carbocycles. The normalized spacial score (nSPS) is 25.1. The Balaban J connectivity index is 2.08. The summed E-state index contributed by atoms with van der Waals surface area (Å²) in [5, 5.41) is 3.30. The van der Waals surface area contributed by atoms with Gasteiger partial charge >= 0.3 is 0 Å². The van der Waals surface area contributed by atoms with Gasteiger partial charge in [0.25, 0.3) is 5.56 Å². The van der Waals surface area contributed by atoms with E-state index >= 15 is 0 Å². The summed E-state index contributed by atoms with van der Waals surface area (Å²) in [7, 11) is 2.14. The van der Waals surface area contributed by atoms with Crippen LogP contribution in [0.4, 0.5) is 5.82 Å². The standard InChI is InChI=1S/C13H22N4O/c1-4-17-8-6-14-12(13(17)18)15-11-5-7-16(3)10(2)9-11/h6,8,10-11H,4-5,7,9H2,1-3H3,(H,14,15). The fourth-order valence-electron chi connectivity index (χ4n) is 2.41. The number of hydrogen-bond donors (Lipinski definition) is 1. The molecule has 100 valence electrons. The number of piperidine rings is 1. The van der Waals surface area contributed by atoms with Crippen molar-refractivity contribution in [3.63, 3.8) is 0 Å². The maximum Gasteiger partial charge on any atom is 0.293 e. The van der Waals surface area contributed by atoms with Gasteiger partial charge in [0.1, 0.15) is 0 Å². The SMILES string of the molecule is CCn1ccnc(NC2CCN(C)C(C)C2)c1=O. The molecule has 0 radical (unpaired) electrons. The second kappa shape index (κ2) is 5.52. The number of aryl methyl sites for hydroxylation is 1. The fraction of sp³-hybridized carbons (Fsp3) is 0.692. The van der Waals surface area contributed by atoms with Crippen LogP contribution in [0, 0.1) is 0 Å². The molecule has 5 heteroatoms. The quantitative estimate of drug-likeness (QED) is 0.874. The molecule has 0 bridgehead atoms. The zero-order valence-corrected chi connectivity index (χ0v) is 11.4. The Morgan fingerprint density at radius 1 is 1.56 bits per heavy atom. The number of nitrogens with zero attached hydrogens (tertiary/aromatic N) is 3. The Morgan fingerprint density at radius 2 is 2.33 bits per heavy atom. The van der Waals surface area contributed by atoms with Crippen molar-refractivity contribution >= 4 is 5.82 Å². The van der Waals surface area contributed by atoms with Crippen LogP contribution in [0.1, 0.15) is 26.7 Å². The van der Waals surface area contributed by atoms with Crippen molar-refractivity contribution in [1.29, 1.82) is 0 Å². The Bertz CT molecular complexity index is 457. The van der Waals surface area contributed by atoms with Crippen molar-refractivity contribution in [1.82, 2.24) is 14.5 Å². The predicted molar refractivity (Wildman–Crippen MR) is 72.9 cm³/mol. The van der Waals surface area contributed by atoms with E-state index in [1.807, 2.05) is 6.92 Å². The van der Waals surface area contributed by atoms with Gasteiger partial charge in [0, 0.05) is 37.6 Å². The summed E-state index contributed by atoms with van der Waals surface area (Å²) in [5.74, 6) is 0.487. The summed E-state index contributed by atoms with van der Waals surface area (Å²) in [5.41, 5.74) is -0.0217. The van der Waals surface area contributed by atoms with Gasteiger partial charge in [0.05, 0.1) is 0 Å². The molecule has 1 aromatic rings. The van der Waals surface area contributed by atoms with Crippen molar-refractivity contribution in [3.05, 3.63) is 22.7 Å². The van der Waals surface area contributed by atoms with Gasteiger partial charge in [-0.1, -0.05) is 0 Å². The lowest BCUT2D eigenvalue weighted by Gasteiger charge is -2.35. The molecule has 0 spiro atoms. The van der Waals surface area contributed by atoms with Crippen LogP contribution in [0.25, 0.3) is 0 Å². The monoisotopic (exact) mass is 250 g/mol. The molecule has 2 atom stereocenters. The van der Waals surface area contributed by atoms with Crippen molar-refractivity contribution in [3.8, 4) is 0 Å². The van der Waals surface area contributed by atoms with Gasteiger partial charge in [-0.2, -0.15) is 0 Å². The van der Waals surface area contributed by atoms with E-state index in [-0.39, 0.29) is 5.56 Å². The molecule has 0 saturated carbocycles. The highest BCUT2D eigenvalue weighted by molar-refractivity contribution is 5.32. The van der Waals surface area contributed by atoms with E-state index in [4.69, 9.17) is 0 Å². The van der Waals surface area contributed by atoms with Gasteiger partial charge in [-0.25, -0.2) is 4.98 Å². The van der Waals surface area contributed by atoms with E-state index in [9.17, 15) is 4.79 Å². The van der Waals surface area contributed by atoms with E-state index in [0.29, 0.717) is 24.4 Å². The Labute approximate surface area is 108 Å². The van der Waals surface area contributed by atoms with Gasteiger partial charge in [-0.15, -0.1) is 0 Å². The molecule has 2 heterocycles. The Hall–Kier alpha value is -1.36. The highest BCUT2D eigenvalue weighted by atomic mass is 16.1. The van der Waals surface area contributed by atoms with Crippen molar-refractivity contribution in [2.24, 2.45) is 0 Å². The van der Waals surface area contributed by atoms with E-state index in [0.717, 1.165) is 19.4 Å². The smallest absolute Gasteiger partial charge is 0.293 e. The molecule has 2 unspecified atom stereocenters. The molecule has 1 N–H and O–H groups in total. The molecule has 1 saturated heterocycles. The van der Waals surface area contributed by atoms with E-state index in [2.05, 4.69) is 29.2 Å². The molecule has 2 rings (SSSR count). The fourth-order valence-corrected chi connectivity index (χ4v) is 2.41. The van der Waals surface area contributed by atoms with Crippen LogP contribution < -0.4 is 10.9 Å². The van der Waals surface area contributed by atoms with Crippen LogP contribution in [0.2, 0.25) is 0 Å². The second-order valence-electron chi connectivity index (χ2n) is 5.06. The van der Waals surface area contributed by atoms with Crippen LogP contribution in [-0.4, -0.2) is 40.1 Å². The minimum atomic E-state index is -0.0217. The molecule has 18 heavy (non-hydrogen) atoms. The number of anilines is 1. The lowest BCUT2D eigenvalue weighted by Crippen LogP contribution is -2.43. The molecule has 1 aliphatic heterocycles. The minimum absolute atomic E-state index is 0.0217. The molecule has 0 amide bonds. The average molecular weight is 250 g/mol. The maximum atomic E-state index is 12.0. The molecule has 5 nitrogen and oxygen atoms in total. The van der Waals surface area contributed by atoms with E-state index < -0.39 is 0 Å². The van der Waals surface area contributed by atoms with Crippen LogP contribution in [0.3, 0.4) is 0 Å². The maximum absolute atomic E-state index is 12.0. The summed E-state index contributed by atoms with van der Waals surface area (Å²) in [6.45, 7) is 5.92. The zero-order chi connectivity index (χ0) is 13.1. The van der Waals surface area contributed by atoms with Gasteiger partial charge < -0.3 is 14.8 Å². The third-order valence-electron chi connectivity index (χ3n) is 3.80. The summed E-state index contributed by atoms with van der Waals surface area (Å²) in [6, 6.07) is 0.900. The van der Waals surface area contributed by atoms with Crippen LogP contribution in [0.5, 0.6) is 0 Å². The first kappa shape index (κ1) is 13.1. The Kier molecular flexibility index (Phi) is 4.01. The molecule has 1 fully saturated rings. The largest absolute Gasteiger partial charge is 0.363 e. The van der Waals surface area contributed by atoms with Gasteiger partial charge in [0.15, 0.2) is 5.82 Å². The first-order chi connectivity index (χ1) is 8.61. The lowest BCUT2D eigenvalue weighted by molar-refractivity contribution is 0.190. The van der Waals surface area contributed by atoms with E-state index in [1.165, 1.54) is 0 Å². The first-order valence-electron chi connectivity index (χ1n) is 6.64.